The molecule has 17 heavy (non-hydrogen) atoms. The minimum absolute atomic E-state index is 0.0524. The highest BCUT2D eigenvalue weighted by atomic mass is 19.4. The maximum absolute atomic E-state index is 12.7. The standard InChI is InChI=1S/C12H15F3O2/c1-2-3-4-5-8-6-9(16)7-10(17)11(8)12(13,14)15/h6-7,16-17H,2-5H2,1H3. The highest BCUT2D eigenvalue weighted by Gasteiger charge is 2.36. The molecule has 0 saturated carbocycles. The van der Waals surface area contributed by atoms with Crippen LogP contribution in [0.5, 0.6) is 11.5 Å². The first-order chi connectivity index (χ1) is 7.86. The number of hydrogen-bond donors (Lipinski definition) is 2. The molecule has 0 heterocycles. The molecule has 1 aromatic rings. The Morgan fingerprint density at radius 3 is 2.29 bits per heavy atom. The first-order valence-electron chi connectivity index (χ1n) is 5.48. The van der Waals surface area contributed by atoms with Crippen molar-refractivity contribution >= 4 is 0 Å². The molecule has 0 aliphatic rings. The Bertz CT molecular complexity index is 386. The van der Waals surface area contributed by atoms with Gasteiger partial charge in [0.15, 0.2) is 0 Å². The van der Waals surface area contributed by atoms with Crippen LogP contribution in [-0.2, 0) is 12.6 Å². The summed E-state index contributed by atoms with van der Waals surface area (Å²) in [6.07, 6.45) is -2.09. The molecule has 0 amide bonds. The lowest BCUT2D eigenvalue weighted by Gasteiger charge is -2.14. The van der Waals surface area contributed by atoms with Gasteiger partial charge < -0.3 is 10.2 Å². The van der Waals surface area contributed by atoms with Crippen LogP contribution in [0.1, 0.15) is 37.3 Å². The summed E-state index contributed by atoms with van der Waals surface area (Å²) in [5.41, 5.74) is -1.09. The topological polar surface area (TPSA) is 40.5 Å². The number of hydrogen-bond acceptors (Lipinski definition) is 2. The van der Waals surface area contributed by atoms with Gasteiger partial charge in [-0.15, -0.1) is 0 Å². The van der Waals surface area contributed by atoms with Gasteiger partial charge in [0.05, 0.1) is 0 Å². The Morgan fingerprint density at radius 2 is 1.76 bits per heavy atom. The van der Waals surface area contributed by atoms with E-state index in [0.717, 1.165) is 18.9 Å². The average Bonchev–Trinajstić information content (AvgIpc) is 2.14. The van der Waals surface area contributed by atoms with Gasteiger partial charge in [-0.2, -0.15) is 13.2 Å². The Balaban J connectivity index is 3.08. The molecule has 0 fully saturated rings. The molecular weight excluding hydrogens is 233 g/mol. The SMILES string of the molecule is CCCCCc1cc(O)cc(O)c1C(F)(F)F. The van der Waals surface area contributed by atoms with E-state index >= 15 is 0 Å². The quantitative estimate of drug-likeness (QED) is 0.794. The van der Waals surface area contributed by atoms with E-state index < -0.39 is 17.5 Å². The molecule has 1 aromatic carbocycles. The zero-order chi connectivity index (χ0) is 13.1. The third-order valence-electron chi connectivity index (χ3n) is 2.52. The number of alkyl halides is 3. The van der Waals surface area contributed by atoms with Crippen molar-refractivity contribution in [3.8, 4) is 11.5 Å². The molecule has 0 aromatic heterocycles. The Labute approximate surface area is 97.7 Å². The second-order valence-electron chi connectivity index (χ2n) is 3.95. The molecule has 2 N–H and O–H groups in total. The van der Waals surface area contributed by atoms with Crippen molar-refractivity contribution < 1.29 is 23.4 Å². The van der Waals surface area contributed by atoms with Crippen LogP contribution in [0, 0.1) is 0 Å². The summed E-state index contributed by atoms with van der Waals surface area (Å²) < 4.78 is 38.1. The molecule has 0 aliphatic heterocycles. The molecule has 0 spiro atoms. The normalized spacial score (nSPS) is 11.8. The van der Waals surface area contributed by atoms with Crippen LogP contribution < -0.4 is 0 Å². The summed E-state index contributed by atoms with van der Waals surface area (Å²) in [6, 6.07) is 1.78. The zero-order valence-corrected chi connectivity index (χ0v) is 9.51. The third kappa shape index (κ3) is 3.54. The second kappa shape index (κ2) is 5.29. The lowest BCUT2D eigenvalue weighted by atomic mass is 9.99. The van der Waals surface area contributed by atoms with Crippen LogP contribution >= 0.6 is 0 Å². The molecule has 0 radical (unpaired) electrons. The summed E-state index contributed by atoms with van der Waals surface area (Å²) in [7, 11) is 0. The fourth-order valence-corrected chi connectivity index (χ4v) is 1.76. The van der Waals surface area contributed by atoms with Gasteiger partial charge in [-0.3, -0.25) is 0 Å². The monoisotopic (exact) mass is 248 g/mol. The van der Waals surface area contributed by atoms with Crippen LogP contribution in [-0.4, -0.2) is 10.2 Å². The van der Waals surface area contributed by atoms with Gasteiger partial charge in [-0.25, -0.2) is 0 Å². The predicted octanol–water partition coefficient (Wildman–Crippen LogP) is 3.85. The zero-order valence-electron chi connectivity index (χ0n) is 9.51. The minimum Gasteiger partial charge on any atom is -0.508 e. The van der Waals surface area contributed by atoms with Crippen molar-refractivity contribution in [1.82, 2.24) is 0 Å². The number of benzene rings is 1. The van der Waals surface area contributed by atoms with Gasteiger partial charge >= 0.3 is 6.18 Å². The van der Waals surface area contributed by atoms with E-state index in [2.05, 4.69) is 0 Å². The van der Waals surface area contributed by atoms with Crippen molar-refractivity contribution in [2.75, 3.05) is 0 Å². The van der Waals surface area contributed by atoms with Crippen LogP contribution in [0.2, 0.25) is 0 Å². The van der Waals surface area contributed by atoms with Crippen molar-refractivity contribution in [3.63, 3.8) is 0 Å². The van der Waals surface area contributed by atoms with Gasteiger partial charge in [-0.1, -0.05) is 19.8 Å². The van der Waals surface area contributed by atoms with Crippen LogP contribution in [0.4, 0.5) is 13.2 Å². The highest BCUT2D eigenvalue weighted by Crippen LogP contribution is 2.40. The van der Waals surface area contributed by atoms with E-state index in [1.54, 1.807) is 0 Å². The number of phenols is 2. The van der Waals surface area contributed by atoms with Crippen molar-refractivity contribution in [3.05, 3.63) is 23.3 Å². The van der Waals surface area contributed by atoms with E-state index in [0.29, 0.717) is 12.5 Å². The smallest absolute Gasteiger partial charge is 0.420 e. The number of rotatable bonds is 4. The maximum atomic E-state index is 12.7. The van der Waals surface area contributed by atoms with Gasteiger partial charge in [0.2, 0.25) is 0 Å². The van der Waals surface area contributed by atoms with E-state index in [9.17, 15) is 23.4 Å². The molecule has 0 bridgehead atoms. The van der Waals surface area contributed by atoms with Crippen molar-refractivity contribution in [2.24, 2.45) is 0 Å². The summed E-state index contributed by atoms with van der Waals surface area (Å²) in [5, 5.41) is 18.5. The molecule has 1 rings (SSSR count). The van der Waals surface area contributed by atoms with Crippen molar-refractivity contribution in [2.45, 2.75) is 38.8 Å². The number of unbranched alkanes of at least 4 members (excludes halogenated alkanes) is 2. The largest absolute Gasteiger partial charge is 0.508 e. The highest BCUT2D eigenvalue weighted by molar-refractivity contribution is 5.47. The Hall–Kier alpha value is -1.39. The first kappa shape index (κ1) is 13.7. The molecule has 0 saturated heterocycles. The number of halogens is 3. The molecule has 5 heteroatoms. The number of phenolic OH excluding ortho intramolecular Hbond substituents is 2. The van der Waals surface area contributed by atoms with E-state index in [1.165, 1.54) is 0 Å². The molecule has 0 atom stereocenters. The fourth-order valence-electron chi connectivity index (χ4n) is 1.76. The fraction of sp³-hybridized carbons (Fsp3) is 0.500. The number of aromatic hydroxyl groups is 2. The lowest BCUT2D eigenvalue weighted by Crippen LogP contribution is -2.09. The summed E-state index contributed by atoms with van der Waals surface area (Å²) in [4.78, 5) is 0. The third-order valence-corrected chi connectivity index (χ3v) is 2.52. The minimum atomic E-state index is -4.60. The van der Waals surface area contributed by atoms with E-state index in [-0.39, 0.29) is 17.7 Å². The van der Waals surface area contributed by atoms with Gasteiger partial charge in [-0.05, 0) is 24.5 Å². The van der Waals surface area contributed by atoms with E-state index in [4.69, 9.17) is 0 Å². The average molecular weight is 248 g/mol. The van der Waals surface area contributed by atoms with Gasteiger partial charge in [0, 0.05) is 6.07 Å². The number of aryl methyl sites for hydroxylation is 1. The van der Waals surface area contributed by atoms with Crippen molar-refractivity contribution in [1.29, 1.82) is 0 Å². The van der Waals surface area contributed by atoms with Crippen LogP contribution in [0.25, 0.3) is 0 Å². The molecule has 0 aliphatic carbocycles. The van der Waals surface area contributed by atoms with Gasteiger partial charge in [0.25, 0.3) is 0 Å². The van der Waals surface area contributed by atoms with Crippen LogP contribution in [0.15, 0.2) is 12.1 Å². The Morgan fingerprint density at radius 1 is 1.12 bits per heavy atom. The molecule has 0 unspecified atom stereocenters. The first-order valence-corrected chi connectivity index (χ1v) is 5.48. The Kier molecular flexibility index (Phi) is 4.26. The predicted molar refractivity (Wildman–Crippen MR) is 58.0 cm³/mol. The van der Waals surface area contributed by atoms with E-state index in [1.807, 2.05) is 6.92 Å². The lowest BCUT2D eigenvalue weighted by molar-refractivity contribution is -0.139. The molecule has 96 valence electrons. The molecule has 2 nitrogen and oxygen atoms in total. The second-order valence-corrected chi connectivity index (χ2v) is 3.95. The summed E-state index contributed by atoms with van der Waals surface area (Å²) >= 11 is 0. The summed E-state index contributed by atoms with van der Waals surface area (Å²) in [5.74, 6) is -1.26. The molecular formula is C12H15F3O2. The maximum Gasteiger partial charge on any atom is 0.420 e. The van der Waals surface area contributed by atoms with Gasteiger partial charge in [0.1, 0.15) is 17.1 Å². The summed E-state index contributed by atoms with van der Waals surface area (Å²) in [6.45, 7) is 1.95. The van der Waals surface area contributed by atoms with Crippen LogP contribution in [0.3, 0.4) is 0 Å².